The molecule has 1 unspecified atom stereocenters. The third-order valence-electron chi connectivity index (χ3n) is 4.20. The minimum absolute atomic E-state index is 0. The van der Waals surface area contributed by atoms with Crippen LogP contribution in [-0.4, -0.2) is 30.5 Å². The summed E-state index contributed by atoms with van der Waals surface area (Å²) in [5.74, 6) is 0.582. The Labute approximate surface area is 159 Å². The van der Waals surface area contributed by atoms with Gasteiger partial charge in [0.2, 0.25) is 0 Å². The number of pyridine rings is 1. The molecule has 2 heterocycles. The van der Waals surface area contributed by atoms with Crippen molar-refractivity contribution in [1.29, 1.82) is 0 Å². The molecular weight excluding hydrogens is 369 g/mol. The molecule has 2 N–H and O–H groups in total. The third kappa shape index (κ3) is 4.96. The second-order valence-corrected chi connectivity index (χ2v) is 6.16. The Morgan fingerprint density at radius 1 is 1.33 bits per heavy atom. The van der Waals surface area contributed by atoms with E-state index in [0.29, 0.717) is 28.6 Å². The number of piperidine rings is 1. The van der Waals surface area contributed by atoms with Crippen LogP contribution in [0.1, 0.15) is 29.6 Å². The van der Waals surface area contributed by atoms with E-state index in [9.17, 15) is 4.79 Å². The summed E-state index contributed by atoms with van der Waals surface area (Å²) in [7, 11) is 0. The predicted octanol–water partition coefficient (Wildman–Crippen LogP) is 3.85. The maximum Gasteiger partial charge on any atom is 0.253 e. The summed E-state index contributed by atoms with van der Waals surface area (Å²) in [4.78, 5) is 16.7. The lowest BCUT2D eigenvalue weighted by Gasteiger charge is -2.22. The molecule has 1 atom stereocenters. The van der Waals surface area contributed by atoms with Crippen molar-refractivity contribution >= 4 is 53.2 Å². The Bertz CT molecular complexity index is 675. The van der Waals surface area contributed by atoms with Gasteiger partial charge in [-0.25, -0.2) is 0 Å². The molecule has 1 saturated heterocycles. The van der Waals surface area contributed by atoms with Crippen LogP contribution in [0.4, 0.5) is 0 Å². The molecule has 1 aliphatic rings. The molecule has 0 radical (unpaired) electrons. The Balaban J connectivity index is 0.00000144. The first-order valence-corrected chi connectivity index (χ1v) is 8.15. The standard InChI is InChI=1S/C17H20ClN3O.2ClH/c18-15-6-5-14(16-13(15)4-2-9-20-16)17(22)21-10-7-12-3-1-8-19-11-12;;/h2,4-6,9,12,19H,1,3,7-8,10-11H2,(H,21,22);2*1H. The van der Waals surface area contributed by atoms with E-state index < -0.39 is 0 Å². The summed E-state index contributed by atoms with van der Waals surface area (Å²) in [5, 5.41) is 7.84. The zero-order chi connectivity index (χ0) is 15.4. The highest BCUT2D eigenvalue weighted by molar-refractivity contribution is 6.36. The fraction of sp³-hybridized carbons (Fsp3) is 0.412. The normalized spacial score (nSPS) is 16.8. The Morgan fingerprint density at radius 3 is 2.92 bits per heavy atom. The number of rotatable bonds is 4. The van der Waals surface area contributed by atoms with Crippen molar-refractivity contribution in [3.05, 3.63) is 41.0 Å². The number of fused-ring (bicyclic) bond motifs is 1. The molecule has 4 nitrogen and oxygen atoms in total. The minimum Gasteiger partial charge on any atom is -0.352 e. The van der Waals surface area contributed by atoms with Crippen molar-refractivity contribution in [2.75, 3.05) is 19.6 Å². The summed E-state index contributed by atoms with van der Waals surface area (Å²) in [6.45, 7) is 2.87. The van der Waals surface area contributed by atoms with Crippen molar-refractivity contribution in [2.24, 2.45) is 5.92 Å². The Kier molecular flexibility index (Phi) is 8.78. The second kappa shape index (κ2) is 10.0. The zero-order valence-electron chi connectivity index (χ0n) is 13.3. The number of nitrogens with zero attached hydrogens (tertiary/aromatic N) is 1. The molecule has 2 aromatic rings. The average molecular weight is 391 g/mol. The second-order valence-electron chi connectivity index (χ2n) is 5.75. The van der Waals surface area contributed by atoms with Gasteiger partial charge >= 0.3 is 0 Å². The van der Waals surface area contributed by atoms with Gasteiger partial charge in [-0.15, -0.1) is 24.8 Å². The Hall–Kier alpha value is -1.07. The van der Waals surface area contributed by atoms with Crippen LogP contribution in [0.3, 0.4) is 0 Å². The van der Waals surface area contributed by atoms with Crippen LogP contribution in [0.2, 0.25) is 5.02 Å². The third-order valence-corrected chi connectivity index (χ3v) is 4.53. The van der Waals surface area contributed by atoms with Gasteiger partial charge in [-0.2, -0.15) is 0 Å². The fourth-order valence-electron chi connectivity index (χ4n) is 2.98. The van der Waals surface area contributed by atoms with E-state index in [4.69, 9.17) is 11.6 Å². The highest BCUT2D eigenvalue weighted by Crippen LogP contribution is 2.24. The monoisotopic (exact) mass is 389 g/mol. The number of amides is 1. The van der Waals surface area contributed by atoms with Crippen LogP contribution in [0.25, 0.3) is 10.9 Å². The lowest BCUT2D eigenvalue weighted by atomic mass is 9.96. The van der Waals surface area contributed by atoms with Crippen LogP contribution in [0.15, 0.2) is 30.5 Å². The summed E-state index contributed by atoms with van der Waals surface area (Å²) in [6.07, 6.45) is 5.17. The number of aromatic nitrogens is 1. The average Bonchev–Trinajstić information content (AvgIpc) is 2.56. The van der Waals surface area contributed by atoms with Gasteiger partial charge in [-0.3, -0.25) is 9.78 Å². The van der Waals surface area contributed by atoms with E-state index in [2.05, 4.69) is 15.6 Å². The number of hydrogen-bond acceptors (Lipinski definition) is 3. The summed E-state index contributed by atoms with van der Waals surface area (Å²) in [5.41, 5.74) is 1.24. The van der Waals surface area contributed by atoms with Gasteiger partial charge in [-0.05, 0) is 62.5 Å². The van der Waals surface area contributed by atoms with Gasteiger partial charge in [0, 0.05) is 18.1 Å². The van der Waals surface area contributed by atoms with Gasteiger partial charge < -0.3 is 10.6 Å². The molecule has 0 bridgehead atoms. The number of benzene rings is 1. The molecule has 7 heteroatoms. The molecule has 3 rings (SSSR count). The first-order valence-electron chi connectivity index (χ1n) is 7.78. The van der Waals surface area contributed by atoms with Crippen molar-refractivity contribution in [3.63, 3.8) is 0 Å². The lowest BCUT2D eigenvalue weighted by molar-refractivity contribution is 0.0952. The minimum atomic E-state index is -0.0795. The topological polar surface area (TPSA) is 54.0 Å². The van der Waals surface area contributed by atoms with Gasteiger partial charge in [0.1, 0.15) is 0 Å². The summed E-state index contributed by atoms with van der Waals surface area (Å²) >= 11 is 6.16. The SMILES string of the molecule is Cl.Cl.O=C(NCCC1CCCNC1)c1ccc(Cl)c2cccnc12. The van der Waals surface area contributed by atoms with Crippen molar-refractivity contribution in [2.45, 2.75) is 19.3 Å². The van der Waals surface area contributed by atoms with Crippen molar-refractivity contribution in [1.82, 2.24) is 15.6 Å². The molecular formula is C17H22Cl3N3O. The number of carbonyl (C=O) groups excluding carboxylic acids is 1. The van der Waals surface area contributed by atoms with E-state index in [1.54, 1.807) is 18.3 Å². The molecule has 0 spiro atoms. The highest BCUT2D eigenvalue weighted by atomic mass is 35.5. The maximum atomic E-state index is 12.4. The molecule has 1 fully saturated rings. The van der Waals surface area contributed by atoms with Gasteiger partial charge in [0.25, 0.3) is 5.91 Å². The van der Waals surface area contributed by atoms with E-state index in [0.717, 1.165) is 24.9 Å². The molecule has 1 aromatic heterocycles. The molecule has 0 aliphatic carbocycles. The van der Waals surface area contributed by atoms with Crippen LogP contribution in [0, 0.1) is 5.92 Å². The van der Waals surface area contributed by atoms with E-state index in [1.807, 2.05) is 12.1 Å². The molecule has 1 aliphatic heterocycles. The first-order chi connectivity index (χ1) is 10.8. The number of hydrogen-bond donors (Lipinski definition) is 2. The van der Waals surface area contributed by atoms with Gasteiger partial charge in [-0.1, -0.05) is 11.6 Å². The van der Waals surface area contributed by atoms with Crippen LogP contribution < -0.4 is 10.6 Å². The lowest BCUT2D eigenvalue weighted by Crippen LogP contribution is -2.33. The smallest absolute Gasteiger partial charge is 0.253 e. The molecule has 1 aromatic carbocycles. The Morgan fingerprint density at radius 2 is 2.17 bits per heavy atom. The van der Waals surface area contributed by atoms with E-state index >= 15 is 0 Å². The highest BCUT2D eigenvalue weighted by Gasteiger charge is 2.15. The quantitative estimate of drug-likeness (QED) is 0.833. The predicted molar refractivity (Wildman–Crippen MR) is 104 cm³/mol. The summed E-state index contributed by atoms with van der Waals surface area (Å²) < 4.78 is 0. The molecule has 0 saturated carbocycles. The van der Waals surface area contributed by atoms with E-state index in [1.165, 1.54) is 12.8 Å². The van der Waals surface area contributed by atoms with Crippen LogP contribution in [0.5, 0.6) is 0 Å². The largest absolute Gasteiger partial charge is 0.352 e. The van der Waals surface area contributed by atoms with Gasteiger partial charge in [0.15, 0.2) is 0 Å². The van der Waals surface area contributed by atoms with Crippen molar-refractivity contribution in [3.8, 4) is 0 Å². The van der Waals surface area contributed by atoms with Crippen LogP contribution in [-0.2, 0) is 0 Å². The fourth-order valence-corrected chi connectivity index (χ4v) is 3.19. The van der Waals surface area contributed by atoms with Crippen molar-refractivity contribution < 1.29 is 4.79 Å². The maximum absolute atomic E-state index is 12.4. The molecule has 1 amide bonds. The zero-order valence-corrected chi connectivity index (χ0v) is 15.6. The van der Waals surface area contributed by atoms with E-state index in [-0.39, 0.29) is 30.7 Å². The number of halogens is 3. The van der Waals surface area contributed by atoms with Crippen LogP contribution >= 0.6 is 36.4 Å². The summed E-state index contributed by atoms with van der Waals surface area (Å²) in [6, 6.07) is 7.21. The first kappa shape index (κ1) is 21.0. The number of carbonyl (C=O) groups is 1. The number of nitrogens with one attached hydrogen (secondary N) is 2. The van der Waals surface area contributed by atoms with Gasteiger partial charge in [0.05, 0.1) is 16.1 Å². The molecule has 132 valence electrons. The molecule has 24 heavy (non-hydrogen) atoms.